The Labute approximate surface area is 85.8 Å². The maximum absolute atomic E-state index is 11.6. The summed E-state index contributed by atoms with van der Waals surface area (Å²) in [5, 5.41) is 10.5. The summed E-state index contributed by atoms with van der Waals surface area (Å²) in [6.45, 7) is 1.48. The molecule has 1 atom stereocenters. The van der Waals surface area contributed by atoms with E-state index >= 15 is 0 Å². The molecule has 5 heteroatoms. The molecular formula is C9H11NO3S. The Kier molecular flexibility index (Phi) is 3.24. The number of carbonyl (C=O) groups is 2. The van der Waals surface area contributed by atoms with Crippen LogP contribution in [0, 0.1) is 0 Å². The topological polar surface area (TPSA) is 57.6 Å². The zero-order valence-electron chi connectivity index (χ0n) is 7.93. The summed E-state index contributed by atoms with van der Waals surface area (Å²) in [4.78, 5) is 24.0. The highest BCUT2D eigenvalue weighted by molar-refractivity contribution is 7.12. The third-order valence-electron chi connectivity index (χ3n) is 1.99. The number of rotatable bonds is 3. The van der Waals surface area contributed by atoms with Gasteiger partial charge in [0.05, 0.1) is 4.88 Å². The Balaban J connectivity index is 2.76. The summed E-state index contributed by atoms with van der Waals surface area (Å²) < 4.78 is 0. The van der Waals surface area contributed by atoms with Crippen LogP contribution in [0.1, 0.15) is 16.6 Å². The molecule has 1 amide bonds. The molecule has 0 aromatic carbocycles. The first-order chi connectivity index (χ1) is 6.54. The summed E-state index contributed by atoms with van der Waals surface area (Å²) >= 11 is 1.30. The SMILES string of the molecule is CC(C(=O)O)N(C)C(=O)c1cccs1. The van der Waals surface area contributed by atoms with Crippen molar-refractivity contribution < 1.29 is 14.7 Å². The molecule has 0 saturated heterocycles. The maximum atomic E-state index is 11.6. The van der Waals surface area contributed by atoms with Crippen LogP contribution < -0.4 is 0 Å². The van der Waals surface area contributed by atoms with Gasteiger partial charge in [-0.25, -0.2) is 4.79 Å². The highest BCUT2D eigenvalue weighted by Gasteiger charge is 2.22. The normalized spacial score (nSPS) is 12.1. The van der Waals surface area contributed by atoms with Crippen LogP contribution in [-0.2, 0) is 4.79 Å². The zero-order chi connectivity index (χ0) is 10.7. The number of carbonyl (C=O) groups excluding carboxylic acids is 1. The van der Waals surface area contributed by atoms with Gasteiger partial charge in [0.1, 0.15) is 6.04 Å². The summed E-state index contributed by atoms with van der Waals surface area (Å²) in [6.07, 6.45) is 0. The van der Waals surface area contributed by atoms with E-state index in [4.69, 9.17) is 5.11 Å². The van der Waals surface area contributed by atoms with Gasteiger partial charge >= 0.3 is 5.97 Å². The number of aliphatic carboxylic acids is 1. The van der Waals surface area contributed by atoms with Gasteiger partial charge < -0.3 is 10.0 Å². The molecule has 76 valence electrons. The van der Waals surface area contributed by atoms with Crippen LogP contribution in [0.2, 0.25) is 0 Å². The lowest BCUT2D eigenvalue weighted by Crippen LogP contribution is -2.39. The average Bonchev–Trinajstić information content (AvgIpc) is 2.67. The Morgan fingerprint density at radius 2 is 2.21 bits per heavy atom. The van der Waals surface area contributed by atoms with Gasteiger partial charge in [-0.2, -0.15) is 0 Å². The molecule has 0 aliphatic carbocycles. The van der Waals surface area contributed by atoms with E-state index in [1.165, 1.54) is 30.2 Å². The molecule has 1 unspecified atom stereocenters. The van der Waals surface area contributed by atoms with E-state index in [0.717, 1.165) is 0 Å². The van der Waals surface area contributed by atoms with Crippen molar-refractivity contribution >= 4 is 23.2 Å². The molecule has 0 bridgehead atoms. The van der Waals surface area contributed by atoms with Crippen LogP contribution in [0.4, 0.5) is 0 Å². The molecule has 0 radical (unpaired) electrons. The van der Waals surface area contributed by atoms with Crippen LogP contribution in [-0.4, -0.2) is 35.0 Å². The molecule has 0 aliphatic heterocycles. The van der Waals surface area contributed by atoms with E-state index < -0.39 is 12.0 Å². The van der Waals surface area contributed by atoms with Gasteiger partial charge in [-0.05, 0) is 18.4 Å². The van der Waals surface area contributed by atoms with Crippen LogP contribution in [0.15, 0.2) is 17.5 Å². The summed E-state index contributed by atoms with van der Waals surface area (Å²) in [5.74, 6) is -1.26. The third-order valence-corrected chi connectivity index (χ3v) is 2.85. The molecule has 1 rings (SSSR count). The van der Waals surface area contributed by atoms with Crippen molar-refractivity contribution in [2.24, 2.45) is 0 Å². The molecule has 1 heterocycles. The summed E-state index contributed by atoms with van der Waals surface area (Å²) in [6, 6.07) is 2.64. The van der Waals surface area contributed by atoms with Crippen LogP contribution in [0.3, 0.4) is 0 Å². The molecule has 1 aromatic rings. The number of carboxylic acids is 1. The number of likely N-dealkylation sites (N-methyl/N-ethyl adjacent to an activating group) is 1. The third kappa shape index (κ3) is 2.11. The number of carboxylic acid groups (broad SMARTS) is 1. The summed E-state index contributed by atoms with van der Waals surface area (Å²) in [7, 11) is 1.49. The Hall–Kier alpha value is -1.36. The van der Waals surface area contributed by atoms with E-state index in [9.17, 15) is 9.59 Å². The first-order valence-corrected chi connectivity index (χ1v) is 4.95. The van der Waals surface area contributed by atoms with E-state index in [2.05, 4.69) is 0 Å². The smallest absolute Gasteiger partial charge is 0.326 e. The number of hydrogen-bond donors (Lipinski definition) is 1. The van der Waals surface area contributed by atoms with Crippen LogP contribution in [0.25, 0.3) is 0 Å². The fourth-order valence-electron chi connectivity index (χ4n) is 0.916. The van der Waals surface area contributed by atoms with Crippen molar-refractivity contribution in [2.75, 3.05) is 7.05 Å². The fraction of sp³-hybridized carbons (Fsp3) is 0.333. The van der Waals surface area contributed by atoms with Gasteiger partial charge in [0, 0.05) is 7.05 Å². The van der Waals surface area contributed by atoms with E-state index in [-0.39, 0.29) is 5.91 Å². The highest BCUT2D eigenvalue weighted by atomic mass is 32.1. The highest BCUT2D eigenvalue weighted by Crippen LogP contribution is 2.12. The molecule has 1 aromatic heterocycles. The molecule has 0 spiro atoms. The van der Waals surface area contributed by atoms with Gasteiger partial charge in [0.2, 0.25) is 0 Å². The second-order valence-electron chi connectivity index (χ2n) is 2.91. The molecule has 1 N–H and O–H groups in total. The Morgan fingerprint density at radius 1 is 1.57 bits per heavy atom. The minimum Gasteiger partial charge on any atom is -0.480 e. The number of nitrogens with zero attached hydrogens (tertiary/aromatic N) is 1. The largest absolute Gasteiger partial charge is 0.480 e. The van der Waals surface area contributed by atoms with E-state index in [1.807, 2.05) is 0 Å². The quantitative estimate of drug-likeness (QED) is 0.823. The Morgan fingerprint density at radius 3 is 2.64 bits per heavy atom. The zero-order valence-corrected chi connectivity index (χ0v) is 8.75. The van der Waals surface area contributed by atoms with E-state index in [1.54, 1.807) is 17.5 Å². The molecule has 0 aliphatic rings. The second-order valence-corrected chi connectivity index (χ2v) is 3.86. The van der Waals surface area contributed by atoms with E-state index in [0.29, 0.717) is 4.88 Å². The van der Waals surface area contributed by atoms with Crippen molar-refractivity contribution in [1.29, 1.82) is 0 Å². The van der Waals surface area contributed by atoms with Crippen LogP contribution >= 0.6 is 11.3 Å². The van der Waals surface area contributed by atoms with Crippen molar-refractivity contribution in [1.82, 2.24) is 4.90 Å². The van der Waals surface area contributed by atoms with Gasteiger partial charge in [-0.1, -0.05) is 6.07 Å². The van der Waals surface area contributed by atoms with Crippen molar-refractivity contribution in [3.8, 4) is 0 Å². The van der Waals surface area contributed by atoms with Crippen LogP contribution in [0.5, 0.6) is 0 Å². The predicted molar refractivity (Wildman–Crippen MR) is 53.5 cm³/mol. The molecule has 0 fully saturated rings. The van der Waals surface area contributed by atoms with Gasteiger partial charge in [0.25, 0.3) is 5.91 Å². The average molecular weight is 213 g/mol. The molecule has 4 nitrogen and oxygen atoms in total. The maximum Gasteiger partial charge on any atom is 0.326 e. The first-order valence-electron chi connectivity index (χ1n) is 4.07. The molecule has 0 saturated carbocycles. The van der Waals surface area contributed by atoms with Gasteiger partial charge in [-0.15, -0.1) is 11.3 Å². The van der Waals surface area contributed by atoms with Crippen molar-refractivity contribution in [3.63, 3.8) is 0 Å². The minimum atomic E-state index is -1.00. The monoisotopic (exact) mass is 213 g/mol. The molecule has 14 heavy (non-hydrogen) atoms. The minimum absolute atomic E-state index is 0.255. The van der Waals surface area contributed by atoms with Crippen molar-refractivity contribution in [2.45, 2.75) is 13.0 Å². The van der Waals surface area contributed by atoms with Gasteiger partial charge in [0.15, 0.2) is 0 Å². The first kappa shape index (κ1) is 10.7. The lowest BCUT2D eigenvalue weighted by atomic mass is 10.3. The lowest BCUT2D eigenvalue weighted by Gasteiger charge is -2.20. The number of hydrogen-bond acceptors (Lipinski definition) is 3. The second kappa shape index (κ2) is 4.23. The fourth-order valence-corrected chi connectivity index (χ4v) is 1.62. The Bertz CT molecular complexity index is 334. The van der Waals surface area contributed by atoms with Gasteiger partial charge in [-0.3, -0.25) is 4.79 Å². The number of amides is 1. The summed E-state index contributed by atoms with van der Waals surface area (Å²) in [5.41, 5.74) is 0. The lowest BCUT2D eigenvalue weighted by molar-refractivity contribution is -0.141. The number of thiophene rings is 1. The predicted octanol–water partition coefficient (Wildman–Crippen LogP) is 1.29. The standard InChI is InChI=1S/C9H11NO3S/c1-6(9(12)13)10(2)8(11)7-4-3-5-14-7/h3-6H,1-2H3,(H,12,13). The van der Waals surface area contributed by atoms with Crippen molar-refractivity contribution in [3.05, 3.63) is 22.4 Å². The molecular weight excluding hydrogens is 202 g/mol.